The Morgan fingerprint density at radius 1 is 1.16 bits per heavy atom. The Morgan fingerprint density at radius 2 is 1.89 bits per heavy atom. The Balaban J connectivity index is 2.31. The first-order chi connectivity index (χ1) is 8.99. The van der Waals surface area contributed by atoms with Gasteiger partial charge in [0.15, 0.2) is 0 Å². The lowest BCUT2D eigenvalue weighted by Gasteiger charge is -2.09. The molecule has 2 rings (SSSR count). The fourth-order valence-electron chi connectivity index (χ4n) is 1.53. The molecule has 0 saturated carbocycles. The molecule has 3 N–H and O–H groups in total. The highest BCUT2D eigenvalue weighted by Crippen LogP contribution is 2.26. The van der Waals surface area contributed by atoms with Gasteiger partial charge in [0.2, 0.25) is 0 Å². The van der Waals surface area contributed by atoms with Crippen molar-refractivity contribution >= 4 is 40.5 Å². The molecule has 0 fully saturated rings. The van der Waals surface area contributed by atoms with Gasteiger partial charge in [-0.25, -0.2) is 4.39 Å². The highest BCUT2D eigenvalue weighted by molar-refractivity contribution is 6.36. The number of amides is 1. The zero-order valence-corrected chi connectivity index (χ0v) is 11.1. The van der Waals surface area contributed by atoms with Crippen molar-refractivity contribution in [2.24, 2.45) is 0 Å². The molecular weight excluding hydrogens is 290 g/mol. The predicted molar refractivity (Wildman–Crippen MR) is 75.2 cm³/mol. The van der Waals surface area contributed by atoms with Crippen LogP contribution in [0.2, 0.25) is 10.0 Å². The zero-order valence-electron chi connectivity index (χ0n) is 9.58. The van der Waals surface area contributed by atoms with Gasteiger partial charge in [0, 0.05) is 5.69 Å². The highest BCUT2D eigenvalue weighted by atomic mass is 35.5. The minimum absolute atomic E-state index is 0.0315. The summed E-state index contributed by atoms with van der Waals surface area (Å²) in [7, 11) is 0. The van der Waals surface area contributed by atoms with Crippen molar-refractivity contribution in [1.82, 2.24) is 0 Å². The lowest BCUT2D eigenvalue weighted by molar-refractivity contribution is 0.102. The fraction of sp³-hybridized carbons (Fsp3) is 0. The van der Waals surface area contributed by atoms with Gasteiger partial charge in [0.25, 0.3) is 5.91 Å². The zero-order chi connectivity index (χ0) is 14.0. The van der Waals surface area contributed by atoms with Gasteiger partial charge >= 0.3 is 0 Å². The minimum Gasteiger partial charge on any atom is -0.399 e. The molecule has 2 aromatic carbocycles. The van der Waals surface area contributed by atoms with Crippen LogP contribution in [-0.4, -0.2) is 5.91 Å². The number of nitrogens with one attached hydrogen (secondary N) is 1. The maximum atomic E-state index is 13.6. The average molecular weight is 299 g/mol. The van der Waals surface area contributed by atoms with Gasteiger partial charge in [-0.1, -0.05) is 29.3 Å². The number of rotatable bonds is 2. The molecule has 0 aromatic heterocycles. The normalized spacial score (nSPS) is 10.3. The summed E-state index contributed by atoms with van der Waals surface area (Å²) in [5.74, 6) is -1.37. The number of carbonyl (C=O) groups is 1. The molecule has 0 atom stereocenters. The first-order valence-electron chi connectivity index (χ1n) is 5.29. The lowest BCUT2D eigenvalue weighted by atomic mass is 10.2. The third-order valence-electron chi connectivity index (χ3n) is 2.43. The largest absolute Gasteiger partial charge is 0.399 e. The number of anilines is 2. The summed E-state index contributed by atoms with van der Waals surface area (Å²) < 4.78 is 13.6. The second kappa shape index (κ2) is 5.47. The van der Waals surface area contributed by atoms with E-state index in [2.05, 4.69) is 5.32 Å². The third-order valence-corrected chi connectivity index (χ3v) is 3.06. The van der Waals surface area contributed by atoms with Gasteiger partial charge in [-0.2, -0.15) is 0 Å². The molecule has 3 nitrogen and oxygen atoms in total. The Bertz CT molecular complexity index is 626. The van der Waals surface area contributed by atoms with Crippen LogP contribution in [0.25, 0.3) is 0 Å². The van der Waals surface area contributed by atoms with E-state index in [1.807, 2.05) is 0 Å². The molecule has 6 heteroatoms. The number of hydrogen-bond donors (Lipinski definition) is 2. The van der Waals surface area contributed by atoms with Crippen molar-refractivity contribution in [2.75, 3.05) is 11.1 Å². The predicted octanol–water partition coefficient (Wildman–Crippen LogP) is 3.97. The number of nitrogen functional groups attached to an aromatic ring is 1. The maximum absolute atomic E-state index is 13.6. The van der Waals surface area contributed by atoms with Crippen molar-refractivity contribution in [2.45, 2.75) is 0 Å². The summed E-state index contributed by atoms with van der Waals surface area (Å²) in [6, 6.07) is 8.61. The number of hydrogen-bond acceptors (Lipinski definition) is 2. The molecule has 0 heterocycles. The molecule has 1 amide bonds. The first-order valence-corrected chi connectivity index (χ1v) is 6.05. The highest BCUT2D eigenvalue weighted by Gasteiger charge is 2.16. The summed E-state index contributed by atoms with van der Waals surface area (Å²) >= 11 is 11.7. The topological polar surface area (TPSA) is 55.1 Å². The van der Waals surface area contributed by atoms with E-state index in [1.165, 1.54) is 24.3 Å². The summed E-state index contributed by atoms with van der Waals surface area (Å²) in [5.41, 5.74) is 6.11. The quantitative estimate of drug-likeness (QED) is 0.824. The van der Waals surface area contributed by atoms with Crippen molar-refractivity contribution < 1.29 is 9.18 Å². The summed E-state index contributed by atoms with van der Waals surface area (Å²) in [4.78, 5) is 12.0. The van der Waals surface area contributed by atoms with Gasteiger partial charge in [0.05, 0.1) is 21.3 Å². The van der Waals surface area contributed by atoms with E-state index >= 15 is 0 Å². The molecule has 0 aliphatic carbocycles. The van der Waals surface area contributed by atoms with Gasteiger partial charge < -0.3 is 11.1 Å². The van der Waals surface area contributed by atoms with Gasteiger partial charge in [-0.05, 0) is 30.3 Å². The molecule has 0 unspecified atom stereocenters. The van der Waals surface area contributed by atoms with Crippen LogP contribution in [0.1, 0.15) is 10.4 Å². The number of halogens is 3. The van der Waals surface area contributed by atoms with Gasteiger partial charge in [-0.15, -0.1) is 0 Å². The second-order valence-corrected chi connectivity index (χ2v) is 4.60. The van der Waals surface area contributed by atoms with Crippen LogP contribution in [0, 0.1) is 5.82 Å². The van der Waals surface area contributed by atoms with Crippen LogP contribution in [0.3, 0.4) is 0 Å². The number of nitrogens with two attached hydrogens (primary N) is 1. The van der Waals surface area contributed by atoms with Crippen molar-refractivity contribution in [3.8, 4) is 0 Å². The standard InChI is InChI=1S/C13H9Cl2FN2O/c14-8-2-1-3-10(16)12(8)13(19)18-11-5-4-7(17)6-9(11)15/h1-6H,17H2,(H,18,19). The van der Waals surface area contributed by atoms with Crippen LogP contribution < -0.4 is 11.1 Å². The Labute approximate surface area is 119 Å². The van der Waals surface area contributed by atoms with Gasteiger partial charge in [0.1, 0.15) is 5.82 Å². The van der Waals surface area contributed by atoms with Crippen LogP contribution in [0.4, 0.5) is 15.8 Å². The smallest absolute Gasteiger partial charge is 0.260 e. The van der Waals surface area contributed by atoms with Crippen molar-refractivity contribution in [3.63, 3.8) is 0 Å². The lowest BCUT2D eigenvalue weighted by Crippen LogP contribution is -2.14. The summed E-state index contributed by atoms with van der Waals surface area (Å²) in [6.45, 7) is 0. The van der Waals surface area contributed by atoms with Crippen molar-refractivity contribution in [3.05, 3.63) is 57.8 Å². The molecule has 0 spiro atoms. The summed E-state index contributed by atoms with van der Waals surface area (Å²) in [5, 5.41) is 2.78. The van der Waals surface area contributed by atoms with Crippen molar-refractivity contribution in [1.29, 1.82) is 0 Å². The minimum atomic E-state index is -0.698. The van der Waals surface area contributed by atoms with E-state index in [9.17, 15) is 9.18 Å². The molecule has 0 radical (unpaired) electrons. The van der Waals surface area contributed by atoms with E-state index in [4.69, 9.17) is 28.9 Å². The first kappa shape index (κ1) is 13.6. The molecule has 0 saturated heterocycles. The molecule has 19 heavy (non-hydrogen) atoms. The van der Waals surface area contributed by atoms with E-state index in [0.29, 0.717) is 11.4 Å². The Morgan fingerprint density at radius 3 is 2.53 bits per heavy atom. The Kier molecular flexibility index (Phi) is 3.93. The number of benzene rings is 2. The number of carbonyl (C=O) groups excluding carboxylic acids is 1. The Hall–Kier alpha value is -1.78. The molecule has 0 aliphatic rings. The van der Waals surface area contributed by atoms with Crippen LogP contribution >= 0.6 is 23.2 Å². The van der Waals surface area contributed by atoms with Crippen LogP contribution in [0.5, 0.6) is 0 Å². The summed E-state index contributed by atoms with van der Waals surface area (Å²) in [6.07, 6.45) is 0. The maximum Gasteiger partial charge on any atom is 0.260 e. The molecule has 0 aliphatic heterocycles. The molecular formula is C13H9Cl2FN2O. The average Bonchev–Trinajstić information content (AvgIpc) is 2.32. The van der Waals surface area contributed by atoms with E-state index in [1.54, 1.807) is 6.07 Å². The monoisotopic (exact) mass is 298 g/mol. The van der Waals surface area contributed by atoms with E-state index < -0.39 is 11.7 Å². The van der Waals surface area contributed by atoms with Crippen LogP contribution in [-0.2, 0) is 0 Å². The third kappa shape index (κ3) is 2.97. The van der Waals surface area contributed by atoms with E-state index in [0.717, 1.165) is 6.07 Å². The molecule has 98 valence electrons. The second-order valence-electron chi connectivity index (χ2n) is 3.79. The van der Waals surface area contributed by atoms with Gasteiger partial charge in [-0.3, -0.25) is 4.79 Å². The van der Waals surface area contributed by atoms with E-state index in [-0.39, 0.29) is 15.6 Å². The molecule has 0 bridgehead atoms. The fourth-order valence-corrected chi connectivity index (χ4v) is 2.02. The molecule has 2 aromatic rings. The van der Waals surface area contributed by atoms with Crippen LogP contribution in [0.15, 0.2) is 36.4 Å². The SMILES string of the molecule is Nc1ccc(NC(=O)c2c(F)cccc2Cl)c(Cl)c1.